The van der Waals surface area contributed by atoms with Crippen LogP contribution in [0.5, 0.6) is 0 Å². The number of thioether (sulfide) groups is 1. The van der Waals surface area contributed by atoms with Crippen LogP contribution in [0.25, 0.3) is 0 Å². The van der Waals surface area contributed by atoms with Gasteiger partial charge in [-0.1, -0.05) is 11.8 Å². The molecule has 7 nitrogen and oxygen atoms in total. The van der Waals surface area contributed by atoms with Crippen molar-refractivity contribution in [3.8, 4) is 0 Å². The number of rotatable bonds is 4. The summed E-state index contributed by atoms with van der Waals surface area (Å²) < 4.78 is 4.48. The molecule has 2 aliphatic rings. The molecule has 2 rings (SSSR count). The van der Waals surface area contributed by atoms with Gasteiger partial charge in [-0.2, -0.15) is 4.99 Å². The average molecular weight is 285 g/mol. The zero-order valence-electron chi connectivity index (χ0n) is 10.5. The van der Waals surface area contributed by atoms with Crippen molar-refractivity contribution in [1.82, 2.24) is 10.2 Å². The molecule has 0 unspecified atom stereocenters. The maximum atomic E-state index is 11.7. The summed E-state index contributed by atoms with van der Waals surface area (Å²) in [6, 6.07) is 0. The summed E-state index contributed by atoms with van der Waals surface area (Å²) in [6.45, 7) is 1.43. The molecule has 19 heavy (non-hydrogen) atoms. The minimum absolute atomic E-state index is 0.0740. The molecule has 2 amide bonds. The molecular formula is C11H15N3O4S. The molecule has 0 aromatic carbocycles. The lowest BCUT2D eigenvalue weighted by Crippen LogP contribution is -2.55. The first-order chi connectivity index (χ1) is 9.10. The zero-order chi connectivity index (χ0) is 13.8. The standard InChI is InChI=1S/C11H15N3O4S/c1-18-9(16)2-3-12-10(17)7-4-14(5-7)11-13-8(15)6-19-11/h7H,2-6H2,1H3,(H,12,17). The highest BCUT2D eigenvalue weighted by atomic mass is 32.2. The van der Waals surface area contributed by atoms with E-state index in [0.29, 0.717) is 24.0 Å². The Hall–Kier alpha value is -1.57. The summed E-state index contributed by atoms with van der Waals surface area (Å²) in [4.78, 5) is 39.4. The molecule has 0 saturated carbocycles. The van der Waals surface area contributed by atoms with E-state index >= 15 is 0 Å². The SMILES string of the molecule is COC(=O)CCNC(=O)C1CN(C2=NC(=O)CS2)C1. The van der Waals surface area contributed by atoms with Crippen LogP contribution in [0.1, 0.15) is 6.42 Å². The van der Waals surface area contributed by atoms with E-state index in [1.165, 1.54) is 18.9 Å². The highest BCUT2D eigenvalue weighted by molar-refractivity contribution is 8.14. The van der Waals surface area contributed by atoms with Gasteiger partial charge < -0.3 is 15.0 Å². The Morgan fingerprint density at radius 3 is 2.84 bits per heavy atom. The first-order valence-corrected chi connectivity index (χ1v) is 6.92. The normalized spacial score (nSPS) is 18.9. The first-order valence-electron chi connectivity index (χ1n) is 5.94. The van der Waals surface area contributed by atoms with Crippen molar-refractivity contribution in [2.24, 2.45) is 10.9 Å². The quantitative estimate of drug-likeness (QED) is 0.682. The number of carbonyl (C=O) groups excluding carboxylic acids is 3. The summed E-state index contributed by atoms with van der Waals surface area (Å²) in [5.41, 5.74) is 0. The van der Waals surface area contributed by atoms with E-state index in [4.69, 9.17) is 0 Å². The number of likely N-dealkylation sites (tertiary alicyclic amines) is 1. The highest BCUT2D eigenvalue weighted by Gasteiger charge is 2.36. The molecule has 0 aromatic heterocycles. The number of carbonyl (C=O) groups is 3. The number of nitrogens with zero attached hydrogens (tertiary/aromatic N) is 2. The van der Waals surface area contributed by atoms with Gasteiger partial charge in [0.1, 0.15) is 0 Å². The number of esters is 1. The van der Waals surface area contributed by atoms with Crippen molar-refractivity contribution in [3.05, 3.63) is 0 Å². The molecule has 0 radical (unpaired) electrons. The van der Waals surface area contributed by atoms with Crippen molar-refractivity contribution in [3.63, 3.8) is 0 Å². The largest absolute Gasteiger partial charge is 0.469 e. The fourth-order valence-corrected chi connectivity index (χ4v) is 2.61. The number of amidine groups is 1. The average Bonchev–Trinajstić information content (AvgIpc) is 2.73. The molecule has 1 saturated heterocycles. The Labute approximate surface area is 114 Å². The van der Waals surface area contributed by atoms with E-state index in [1.807, 2.05) is 4.90 Å². The van der Waals surface area contributed by atoms with Crippen LogP contribution in [0.2, 0.25) is 0 Å². The molecular weight excluding hydrogens is 270 g/mol. The summed E-state index contributed by atoms with van der Waals surface area (Å²) in [5, 5.41) is 3.40. The molecule has 2 aliphatic heterocycles. The van der Waals surface area contributed by atoms with Gasteiger partial charge in [0, 0.05) is 19.6 Å². The number of nitrogens with one attached hydrogen (secondary N) is 1. The van der Waals surface area contributed by atoms with Gasteiger partial charge in [-0.15, -0.1) is 0 Å². The molecule has 1 fully saturated rings. The smallest absolute Gasteiger partial charge is 0.307 e. The van der Waals surface area contributed by atoms with Crippen molar-refractivity contribution in [1.29, 1.82) is 0 Å². The van der Waals surface area contributed by atoms with Crippen molar-refractivity contribution < 1.29 is 19.1 Å². The van der Waals surface area contributed by atoms with Crippen molar-refractivity contribution in [2.75, 3.05) is 32.5 Å². The summed E-state index contributed by atoms with van der Waals surface area (Å²) in [5.74, 6) is -0.245. The van der Waals surface area contributed by atoms with E-state index < -0.39 is 0 Å². The third kappa shape index (κ3) is 3.46. The van der Waals surface area contributed by atoms with Gasteiger partial charge in [0.2, 0.25) is 5.91 Å². The maximum Gasteiger partial charge on any atom is 0.307 e. The van der Waals surface area contributed by atoms with Crippen LogP contribution in [0.15, 0.2) is 4.99 Å². The van der Waals surface area contributed by atoms with Crippen LogP contribution in [0.3, 0.4) is 0 Å². The molecule has 0 atom stereocenters. The molecule has 0 aliphatic carbocycles. The van der Waals surface area contributed by atoms with E-state index in [1.54, 1.807) is 0 Å². The fraction of sp³-hybridized carbons (Fsp3) is 0.636. The van der Waals surface area contributed by atoms with Crippen LogP contribution in [-0.4, -0.2) is 60.3 Å². The lowest BCUT2D eigenvalue weighted by molar-refractivity contribution is -0.140. The number of ether oxygens (including phenoxy) is 1. The van der Waals surface area contributed by atoms with E-state index in [9.17, 15) is 14.4 Å². The minimum Gasteiger partial charge on any atom is -0.469 e. The van der Waals surface area contributed by atoms with E-state index in [0.717, 1.165) is 0 Å². The van der Waals surface area contributed by atoms with Crippen molar-refractivity contribution >= 4 is 34.7 Å². The number of hydrogen-bond donors (Lipinski definition) is 1. The molecule has 1 N–H and O–H groups in total. The number of hydrogen-bond acceptors (Lipinski definition) is 6. The lowest BCUT2D eigenvalue weighted by atomic mass is 10.0. The Kier molecular flexibility index (Phi) is 4.41. The molecule has 0 spiro atoms. The highest BCUT2D eigenvalue weighted by Crippen LogP contribution is 2.24. The van der Waals surface area contributed by atoms with Crippen LogP contribution in [-0.2, 0) is 19.1 Å². The third-order valence-electron chi connectivity index (χ3n) is 2.92. The second-order valence-electron chi connectivity index (χ2n) is 4.30. The van der Waals surface area contributed by atoms with Crippen LogP contribution in [0, 0.1) is 5.92 Å². The molecule has 2 heterocycles. The van der Waals surface area contributed by atoms with Gasteiger partial charge in [-0.3, -0.25) is 14.4 Å². The maximum absolute atomic E-state index is 11.7. The predicted octanol–water partition coefficient (Wildman–Crippen LogP) is -0.773. The molecule has 8 heteroatoms. The Morgan fingerprint density at radius 1 is 1.53 bits per heavy atom. The zero-order valence-corrected chi connectivity index (χ0v) is 11.4. The van der Waals surface area contributed by atoms with Crippen LogP contribution in [0.4, 0.5) is 0 Å². The van der Waals surface area contributed by atoms with Gasteiger partial charge in [0.05, 0.1) is 25.2 Å². The molecule has 104 valence electrons. The topological polar surface area (TPSA) is 88.1 Å². The predicted molar refractivity (Wildman–Crippen MR) is 69.6 cm³/mol. The second kappa shape index (κ2) is 6.05. The molecule has 0 aromatic rings. The first kappa shape index (κ1) is 13.9. The number of amides is 2. The Balaban J connectivity index is 1.66. The van der Waals surface area contributed by atoms with E-state index in [-0.39, 0.29) is 36.7 Å². The van der Waals surface area contributed by atoms with Gasteiger partial charge in [0.25, 0.3) is 5.91 Å². The van der Waals surface area contributed by atoms with Gasteiger partial charge in [0.15, 0.2) is 5.17 Å². The van der Waals surface area contributed by atoms with Gasteiger partial charge in [-0.05, 0) is 0 Å². The summed E-state index contributed by atoms with van der Waals surface area (Å²) in [6.07, 6.45) is 0.176. The van der Waals surface area contributed by atoms with Gasteiger partial charge in [-0.25, -0.2) is 0 Å². The minimum atomic E-state index is -0.342. The third-order valence-corrected chi connectivity index (χ3v) is 3.92. The van der Waals surface area contributed by atoms with Gasteiger partial charge >= 0.3 is 5.97 Å². The monoisotopic (exact) mass is 285 g/mol. The van der Waals surface area contributed by atoms with Crippen molar-refractivity contribution in [2.45, 2.75) is 6.42 Å². The Bertz CT molecular complexity index is 432. The molecule has 0 bridgehead atoms. The van der Waals surface area contributed by atoms with Crippen LogP contribution >= 0.6 is 11.8 Å². The number of aliphatic imine (C=N–C) groups is 1. The Morgan fingerprint density at radius 2 is 2.26 bits per heavy atom. The van der Waals surface area contributed by atoms with E-state index in [2.05, 4.69) is 15.0 Å². The van der Waals surface area contributed by atoms with Crippen LogP contribution < -0.4 is 5.32 Å². The summed E-state index contributed by atoms with van der Waals surface area (Å²) in [7, 11) is 1.31. The second-order valence-corrected chi connectivity index (χ2v) is 5.24. The number of methoxy groups -OCH3 is 1. The fourth-order valence-electron chi connectivity index (χ4n) is 1.79. The lowest BCUT2D eigenvalue weighted by Gasteiger charge is -2.38. The summed E-state index contributed by atoms with van der Waals surface area (Å²) >= 11 is 1.41.